The number of aliphatic carboxylic acids is 1. The molecule has 0 bridgehead atoms. The van der Waals surface area contributed by atoms with Gasteiger partial charge in [-0.3, -0.25) is 4.79 Å². The van der Waals surface area contributed by atoms with Gasteiger partial charge in [0.15, 0.2) is 0 Å². The van der Waals surface area contributed by atoms with E-state index in [9.17, 15) is 9.18 Å². The highest BCUT2D eigenvalue weighted by molar-refractivity contribution is 5.84. The van der Waals surface area contributed by atoms with Crippen LogP contribution >= 0.6 is 0 Å². The SMILES string of the molecule is CC.CC(Cc1c[nH]c2ccc(F)cc12)C(=O)O. The summed E-state index contributed by atoms with van der Waals surface area (Å²) in [6.07, 6.45) is 2.14. The first-order valence-electron chi connectivity index (χ1n) is 6.06. The minimum atomic E-state index is -0.842. The van der Waals surface area contributed by atoms with Crippen LogP contribution in [0.5, 0.6) is 0 Å². The molecule has 0 aliphatic heterocycles. The number of carboxylic acid groups (broad SMARTS) is 1. The summed E-state index contributed by atoms with van der Waals surface area (Å²) in [7, 11) is 0. The summed E-state index contributed by atoms with van der Waals surface area (Å²) in [4.78, 5) is 13.7. The van der Waals surface area contributed by atoms with Crippen LogP contribution in [0.15, 0.2) is 24.4 Å². The summed E-state index contributed by atoms with van der Waals surface area (Å²) in [5.41, 5.74) is 1.67. The molecule has 0 fully saturated rings. The largest absolute Gasteiger partial charge is 0.481 e. The van der Waals surface area contributed by atoms with Crippen molar-refractivity contribution in [2.24, 2.45) is 5.92 Å². The van der Waals surface area contributed by atoms with Gasteiger partial charge >= 0.3 is 5.97 Å². The van der Waals surface area contributed by atoms with Crippen LogP contribution in [-0.2, 0) is 11.2 Å². The van der Waals surface area contributed by atoms with Crippen molar-refractivity contribution >= 4 is 16.9 Å². The van der Waals surface area contributed by atoms with E-state index in [1.807, 2.05) is 13.8 Å². The maximum absolute atomic E-state index is 13.1. The van der Waals surface area contributed by atoms with Crippen molar-refractivity contribution < 1.29 is 14.3 Å². The molecule has 0 saturated carbocycles. The van der Waals surface area contributed by atoms with E-state index in [1.165, 1.54) is 12.1 Å². The van der Waals surface area contributed by atoms with E-state index in [-0.39, 0.29) is 5.82 Å². The summed E-state index contributed by atoms with van der Waals surface area (Å²) in [6, 6.07) is 4.46. The summed E-state index contributed by atoms with van der Waals surface area (Å²) in [5, 5.41) is 9.58. The second-order valence-corrected chi connectivity index (χ2v) is 3.95. The molecule has 98 valence electrons. The molecule has 0 saturated heterocycles. The van der Waals surface area contributed by atoms with Gasteiger partial charge in [-0.2, -0.15) is 0 Å². The molecule has 0 aliphatic carbocycles. The van der Waals surface area contributed by atoms with E-state index in [0.29, 0.717) is 6.42 Å². The Bertz CT molecular complexity index is 534. The number of aromatic nitrogens is 1. The summed E-state index contributed by atoms with van der Waals surface area (Å²) >= 11 is 0. The Hall–Kier alpha value is -1.84. The van der Waals surface area contributed by atoms with E-state index in [0.717, 1.165) is 16.5 Å². The zero-order valence-corrected chi connectivity index (χ0v) is 10.8. The number of aromatic amines is 1. The first kappa shape index (κ1) is 14.2. The third kappa shape index (κ3) is 3.09. The number of nitrogens with one attached hydrogen (secondary N) is 1. The fourth-order valence-corrected chi connectivity index (χ4v) is 1.74. The number of carbonyl (C=O) groups is 1. The predicted molar refractivity (Wildman–Crippen MR) is 70.1 cm³/mol. The fourth-order valence-electron chi connectivity index (χ4n) is 1.74. The maximum atomic E-state index is 13.1. The third-order valence-electron chi connectivity index (χ3n) is 2.68. The molecule has 3 nitrogen and oxygen atoms in total. The lowest BCUT2D eigenvalue weighted by Gasteiger charge is -2.04. The van der Waals surface area contributed by atoms with Gasteiger partial charge < -0.3 is 10.1 Å². The zero-order chi connectivity index (χ0) is 13.7. The number of halogens is 1. The lowest BCUT2D eigenvalue weighted by molar-refractivity contribution is -0.141. The molecular formula is C14H18FNO2. The lowest BCUT2D eigenvalue weighted by Crippen LogP contribution is -2.11. The number of carboxylic acids is 1. The quantitative estimate of drug-likeness (QED) is 0.875. The molecule has 0 aliphatic rings. The van der Waals surface area contributed by atoms with Crippen molar-refractivity contribution in [2.45, 2.75) is 27.2 Å². The number of hydrogen-bond donors (Lipinski definition) is 2. The molecule has 2 rings (SSSR count). The Balaban J connectivity index is 0.000000771. The van der Waals surface area contributed by atoms with E-state index < -0.39 is 11.9 Å². The molecule has 1 unspecified atom stereocenters. The first-order chi connectivity index (χ1) is 8.58. The van der Waals surface area contributed by atoms with Crippen molar-refractivity contribution in [1.29, 1.82) is 0 Å². The molecular weight excluding hydrogens is 233 g/mol. The molecule has 1 aromatic carbocycles. The van der Waals surface area contributed by atoms with Crippen molar-refractivity contribution in [3.05, 3.63) is 35.8 Å². The molecule has 1 atom stereocenters. The molecule has 2 N–H and O–H groups in total. The van der Waals surface area contributed by atoms with Crippen molar-refractivity contribution in [3.63, 3.8) is 0 Å². The number of benzene rings is 1. The highest BCUT2D eigenvalue weighted by atomic mass is 19.1. The van der Waals surface area contributed by atoms with Crippen LogP contribution in [0.3, 0.4) is 0 Å². The minimum absolute atomic E-state index is 0.309. The Morgan fingerprint density at radius 3 is 2.72 bits per heavy atom. The summed E-state index contributed by atoms with van der Waals surface area (Å²) in [5.74, 6) is -1.62. The summed E-state index contributed by atoms with van der Waals surface area (Å²) in [6.45, 7) is 5.64. The maximum Gasteiger partial charge on any atom is 0.306 e. The Morgan fingerprint density at radius 1 is 1.44 bits per heavy atom. The van der Waals surface area contributed by atoms with Gasteiger partial charge in [-0.25, -0.2) is 4.39 Å². The summed E-state index contributed by atoms with van der Waals surface area (Å²) < 4.78 is 13.1. The minimum Gasteiger partial charge on any atom is -0.481 e. The Morgan fingerprint density at radius 2 is 2.11 bits per heavy atom. The van der Waals surface area contributed by atoms with Gasteiger partial charge in [0.05, 0.1) is 5.92 Å². The van der Waals surface area contributed by atoms with Gasteiger partial charge in [-0.1, -0.05) is 20.8 Å². The monoisotopic (exact) mass is 251 g/mol. The van der Waals surface area contributed by atoms with Gasteiger partial charge in [0, 0.05) is 17.1 Å². The highest BCUT2D eigenvalue weighted by Gasteiger charge is 2.14. The van der Waals surface area contributed by atoms with Gasteiger partial charge in [0.25, 0.3) is 0 Å². The number of rotatable bonds is 3. The molecule has 1 aromatic heterocycles. The van der Waals surface area contributed by atoms with Crippen molar-refractivity contribution in [3.8, 4) is 0 Å². The number of hydrogen-bond acceptors (Lipinski definition) is 1. The molecule has 0 amide bonds. The average Bonchev–Trinajstić information content (AvgIpc) is 2.74. The van der Waals surface area contributed by atoms with Crippen molar-refractivity contribution in [2.75, 3.05) is 0 Å². The molecule has 18 heavy (non-hydrogen) atoms. The normalized spacial score (nSPS) is 11.8. The third-order valence-corrected chi connectivity index (χ3v) is 2.68. The topological polar surface area (TPSA) is 53.1 Å². The Labute approximate surface area is 106 Å². The molecule has 4 heteroatoms. The van der Waals surface area contributed by atoms with Gasteiger partial charge in [-0.05, 0) is 30.2 Å². The zero-order valence-electron chi connectivity index (χ0n) is 10.8. The van der Waals surface area contributed by atoms with Gasteiger partial charge in [0.2, 0.25) is 0 Å². The molecule has 0 spiro atoms. The van der Waals surface area contributed by atoms with E-state index in [4.69, 9.17) is 5.11 Å². The molecule has 1 heterocycles. The Kier molecular flexibility index (Phi) is 4.89. The first-order valence-corrected chi connectivity index (χ1v) is 6.06. The van der Waals surface area contributed by atoms with Crippen LogP contribution in [0.25, 0.3) is 10.9 Å². The van der Waals surface area contributed by atoms with Crippen LogP contribution in [-0.4, -0.2) is 16.1 Å². The van der Waals surface area contributed by atoms with Crippen molar-refractivity contribution in [1.82, 2.24) is 4.98 Å². The second kappa shape index (κ2) is 6.19. The fraction of sp³-hybridized carbons (Fsp3) is 0.357. The highest BCUT2D eigenvalue weighted by Crippen LogP contribution is 2.22. The smallest absolute Gasteiger partial charge is 0.306 e. The molecule has 2 aromatic rings. The van der Waals surface area contributed by atoms with E-state index in [1.54, 1.807) is 19.2 Å². The van der Waals surface area contributed by atoms with Crippen LogP contribution < -0.4 is 0 Å². The van der Waals surface area contributed by atoms with Gasteiger partial charge in [-0.15, -0.1) is 0 Å². The lowest BCUT2D eigenvalue weighted by atomic mass is 10.0. The number of H-pyrrole nitrogens is 1. The predicted octanol–water partition coefficient (Wildman–Crippen LogP) is 3.60. The van der Waals surface area contributed by atoms with Crippen LogP contribution in [0, 0.1) is 11.7 Å². The van der Waals surface area contributed by atoms with Crippen LogP contribution in [0.2, 0.25) is 0 Å². The van der Waals surface area contributed by atoms with E-state index in [2.05, 4.69) is 4.98 Å². The standard InChI is InChI=1S/C12H12FNO2.C2H6/c1-7(12(15)16)4-8-6-14-11-3-2-9(13)5-10(8)11;1-2/h2-3,5-7,14H,4H2,1H3,(H,15,16);1-2H3. The van der Waals surface area contributed by atoms with E-state index >= 15 is 0 Å². The van der Waals surface area contributed by atoms with Crippen LogP contribution in [0.4, 0.5) is 4.39 Å². The number of fused-ring (bicyclic) bond motifs is 1. The molecule has 0 radical (unpaired) electrons. The second-order valence-electron chi connectivity index (χ2n) is 3.95. The average molecular weight is 251 g/mol. The van der Waals surface area contributed by atoms with Gasteiger partial charge in [0.1, 0.15) is 5.82 Å². The van der Waals surface area contributed by atoms with Crippen LogP contribution in [0.1, 0.15) is 26.3 Å².